The number of carbonyl (C=O) groups excluding carboxylic acids is 2. The fourth-order valence-corrected chi connectivity index (χ4v) is 1.65. The van der Waals surface area contributed by atoms with Gasteiger partial charge in [0.15, 0.2) is 0 Å². The molecule has 0 bridgehead atoms. The summed E-state index contributed by atoms with van der Waals surface area (Å²) in [5, 5.41) is 8.77. The number of esters is 2. The van der Waals surface area contributed by atoms with Gasteiger partial charge in [0.05, 0.1) is 18.6 Å². The van der Waals surface area contributed by atoms with E-state index in [1.54, 1.807) is 6.92 Å². The lowest BCUT2D eigenvalue weighted by atomic mass is 9.82. The van der Waals surface area contributed by atoms with E-state index in [1.807, 2.05) is 0 Å². The van der Waals surface area contributed by atoms with Gasteiger partial charge in [-0.2, -0.15) is 0 Å². The lowest BCUT2D eigenvalue weighted by Gasteiger charge is -2.26. The average Bonchev–Trinajstić information content (AvgIpc) is 3.26. The minimum Gasteiger partial charge on any atom is -0.481 e. The van der Waals surface area contributed by atoms with Crippen LogP contribution < -0.4 is 0 Å². The monoisotopic (exact) mass is 300 g/mol. The summed E-state index contributed by atoms with van der Waals surface area (Å²) < 4.78 is 14.9. The number of hydrogen-bond acceptors (Lipinski definition) is 6. The smallest absolute Gasteiger partial charge is 0.330 e. The Morgan fingerprint density at radius 1 is 1.38 bits per heavy atom. The van der Waals surface area contributed by atoms with Crippen molar-refractivity contribution < 1.29 is 33.7 Å². The Morgan fingerprint density at radius 2 is 2.05 bits per heavy atom. The Balaban J connectivity index is 2.53. The van der Waals surface area contributed by atoms with Crippen molar-refractivity contribution in [3.05, 3.63) is 12.7 Å². The molecule has 0 aliphatic carbocycles. The molecular formula is C14H20O7. The lowest BCUT2D eigenvalue weighted by Crippen LogP contribution is -2.33. The molecule has 0 aromatic heterocycles. The maximum atomic E-state index is 12.1. The van der Waals surface area contributed by atoms with Crippen molar-refractivity contribution in [2.75, 3.05) is 19.8 Å². The zero-order chi connectivity index (χ0) is 15.9. The number of hydrogen-bond donors (Lipinski definition) is 1. The lowest BCUT2D eigenvalue weighted by molar-refractivity contribution is -0.159. The molecule has 1 rings (SSSR count). The van der Waals surface area contributed by atoms with Gasteiger partial charge >= 0.3 is 17.9 Å². The molecule has 118 valence electrons. The number of aliphatic carboxylic acids is 1. The maximum Gasteiger partial charge on any atom is 0.330 e. The average molecular weight is 300 g/mol. The van der Waals surface area contributed by atoms with Crippen LogP contribution in [0.25, 0.3) is 0 Å². The first-order chi connectivity index (χ1) is 9.87. The van der Waals surface area contributed by atoms with Gasteiger partial charge in [0.1, 0.15) is 12.7 Å². The SMILES string of the molecule is C=CC(=O)OCCC(C)(CCC(=O)O)C(=O)OCC1CO1. The van der Waals surface area contributed by atoms with Gasteiger partial charge in [-0.3, -0.25) is 9.59 Å². The summed E-state index contributed by atoms with van der Waals surface area (Å²) in [7, 11) is 0. The molecule has 1 aliphatic heterocycles. The summed E-state index contributed by atoms with van der Waals surface area (Å²) in [6.45, 7) is 5.60. The molecule has 0 aromatic carbocycles. The van der Waals surface area contributed by atoms with Crippen molar-refractivity contribution in [1.29, 1.82) is 0 Å². The Labute approximate surface area is 122 Å². The van der Waals surface area contributed by atoms with Gasteiger partial charge in [-0.25, -0.2) is 4.79 Å². The molecule has 1 heterocycles. The third-order valence-corrected chi connectivity index (χ3v) is 3.25. The van der Waals surface area contributed by atoms with E-state index in [-0.39, 0.29) is 38.6 Å². The number of epoxide rings is 1. The Kier molecular flexibility index (Phi) is 6.36. The fraction of sp³-hybridized carbons (Fsp3) is 0.643. The van der Waals surface area contributed by atoms with Crippen LogP contribution in [0.15, 0.2) is 12.7 Å². The highest BCUT2D eigenvalue weighted by Gasteiger charge is 2.37. The van der Waals surface area contributed by atoms with Crippen molar-refractivity contribution in [1.82, 2.24) is 0 Å². The van der Waals surface area contributed by atoms with Crippen LogP contribution in [0.2, 0.25) is 0 Å². The molecule has 7 nitrogen and oxygen atoms in total. The van der Waals surface area contributed by atoms with E-state index < -0.39 is 23.3 Å². The zero-order valence-corrected chi connectivity index (χ0v) is 12.0. The highest BCUT2D eigenvalue weighted by molar-refractivity contribution is 5.81. The van der Waals surface area contributed by atoms with Crippen LogP contribution in [0, 0.1) is 5.41 Å². The molecule has 2 atom stereocenters. The fourth-order valence-electron chi connectivity index (χ4n) is 1.65. The molecule has 1 aliphatic rings. The minimum absolute atomic E-state index is 0.00397. The molecule has 0 saturated carbocycles. The molecule has 0 amide bonds. The second-order valence-electron chi connectivity index (χ2n) is 5.13. The largest absolute Gasteiger partial charge is 0.481 e. The van der Waals surface area contributed by atoms with Crippen LogP contribution in [-0.2, 0) is 28.6 Å². The molecule has 2 unspecified atom stereocenters. The standard InChI is InChI=1S/C14H20O7/c1-3-12(17)19-7-6-14(2,5-4-11(15)16)13(18)21-9-10-8-20-10/h3,10H,1,4-9H2,2H3,(H,15,16). The van der Waals surface area contributed by atoms with E-state index in [1.165, 1.54) is 0 Å². The summed E-state index contributed by atoms with van der Waals surface area (Å²) in [5.41, 5.74) is -1.02. The highest BCUT2D eigenvalue weighted by atomic mass is 16.6. The normalized spacial score (nSPS) is 19.2. The second kappa shape index (κ2) is 7.78. The first kappa shape index (κ1) is 17.2. The van der Waals surface area contributed by atoms with Gasteiger partial charge in [0.25, 0.3) is 0 Å². The molecule has 21 heavy (non-hydrogen) atoms. The van der Waals surface area contributed by atoms with Gasteiger partial charge in [-0.05, 0) is 19.8 Å². The van der Waals surface area contributed by atoms with E-state index in [0.717, 1.165) is 6.08 Å². The number of carbonyl (C=O) groups is 3. The highest BCUT2D eigenvalue weighted by Crippen LogP contribution is 2.30. The van der Waals surface area contributed by atoms with E-state index in [0.29, 0.717) is 6.61 Å². The third kappa shape index (κ3) is 6.40. The first-order valence-corrected chi connectivity index (χ1v) is 6.67. The van der Waals surface area contributed by atoms with Crippen LogP contribution >= 0.6 is 0 Å². The van der Waals surface area contributed by atoms with Crippen LogP contribution in [0.1, 0.15) is 26.2 Å². The Hall–Kier alpha value is -1.89. The number of ether oxygens (including phenoxy) is 3. The van der Waals surface area contributed by atoms with Crippen molar-refractivity contribution in [3.63, 3.8) is 0 Å². The van der Waals surface area contributed by atoms with E-state index >= 15 is 0 Å². The summed E-state index contributed by atoms with van der Waals surface area (Å²) in [6, 6.07) is 0. The van der Waals surface area contributed by atoms with Crippen LogP contribution in [-0.4, -0.2) is 48.9 Å². The second-order valence-corrected chi connectivity index (χ2v) is 5.13. The molecule has 1 N–H and O–H groups in total. The van der Waals surface area contributed by atoms with Gasteiger partial charge in [-0.15, -0.1) is 0 Å². The Bertz CT molecular complexity index is 414. The quantitative estimate of drug-likeness (QED) is 0.363. The van der Waals surface area contributed by atoms with Gasteiger partial charge in [-0.1, -0.05) is 6.58 Å². The predicted octanol–water partition coefficient (Wildman–Crippen LogP) is 0.919. The number of carboxylic acids is 1. The number of rotatable bonds is 10. The minimum atomic E-state index is -1.02. The van der Waals surface area contributed by atoms with Crippen molar-refractivity contribution in [2.45, 2.75) is 32.3 Å². The molecule has 7 heteroatoms. The van der Waals surface area contributed by atoms with Crippen molar-refractivity contribution in [2.24, 2.45) is 5.41 Å². The van der Waals surface area contributed by atoms with Gasteiger partial charge < -0.3 is 19.3 Å². The van der Waals surface area contributed by atoms with Gasteiger partial charge in [0.2, 0.25) is 0 Å². The Morgan fingerprint density at radius 3 is 2.57 bits per heavy atom. The molecule has 0 aromatic rings. The molecular weight excluding hydrogens is 280 g/mol. The topological polar surface area (TPSA) is 102 Å². The van der Waals surface area contributed by atoms with E-state index in [9.17, 15) is 14.4 Å². The molecule has 1 fully saturated rings. The first-order valence-electron chi connectivity index (χ1n) is 6.67. The van der Waals surface area contributed by atoms with Crippen molar-refractivity contribution >= 4 is 17.9 Å². The maximum absolute atomic E-state index is 12.1. The van der Waals surface area contributed by atoms with Crippen molar-refractivity contribution in [3.8, 4) is 0 Å². The zero-order valence-electron chi connectivity index (χ0n) is 12.0. The summed E-state index contributed by atoms with van der Waals surface area (Å²) in [4.78, 5) is 33.8. The summed E-state index contributed by atoms with van der Waals surface area (Å²) in [5.74, 6) is -2.09. The number of carboxylic acid groups (broad SMARTS) is 1. The molecule has 1 saturated heterocycles. The third-order valence-electron chi connectivity index (χ3n) is 3.25. The van der Waals surface area contributed by atoms with Crippen LogP contribution in [0.4, 0.5) is 0 Å². The van der Waals surface area contributed by atoms with Gasteiger partial charge in [0, 0.05) is 12.5 Å². The van der Waals surface area contributed by atoms with Crippen LogP contribution in [0.3, 0.4) is 0 Å². The molecule has 0 radical (unpaired) electrons. The predicted molar refractivity (Wildman–Crippen MR) is 71.4 cm³/mol. The van der Waals surface area contributed by atoms with E-state index in [2.05, 4.69) is 6.58 Å². The summed E-state index contributed by atoms with van der Waals surface area (Å²) >= 11 is 0. The van der Waals surface area contributed by atoms with E-state index in [4.69, 9.17) is 19.3 Å². The van der Waals surface area contributed by atoms with Crippen LogP contribution in [0.5, 0.6) is 0 Å². The summed E-state index contributed by atoms with van der Waals surface area (Å²) in [6.07, 6.45) is 1.09. The molecule has 0 spiro atoms.